The van der Waals surface area contributed by atoms with E-state index in [0.29, 0.717) is 12.5 Å². The molecule has 13 heavy (non-hydrogen) atoms. The molecule has 4 heteroatoms. The maximum absolute atomic E-state index is 11.7. The van der Waals surface area contributed by atoms with Crippen molar-refractivity contribution in [1.29, 1.82) is 0 Å². The molecule has 3 atom stereocenters. The van der Waals surface area contributed by atoms with Crippen molar-refractivity contribution in [3.05, 3.63) is 0 Å². The molecular weight excluding hydrogens is 168 g/mol. The average Bonchev–Trinajstić information content (AvgIpc) is 2.78. The number of fused-ring (bicyclic) bond motifs is 1. The van der Waals surface area contributed by atoms with E-state index in [2.05, 4.69) is 0 Å². The quantitative estimate of drug-likeness (QED) is 0.610. The predicted octanol–water partition coefficient (Wildman–Crippen LogP) is -0.683. The fourth-order valence-corrected chi connectivity index (χ4v) is 2.14. The summed E-state index contributed by atoms with van der Waals surface area (Å²) in [5, 5.41) is 8.65. The van der Waals surface area contributed by atoms with E-state index in [9.17, 15) is 4.79 Å². The van der Waals surface area contributed by atoms with Gasteiger partial charge in [-0.05, 0) is 25.2 Å². The van der Waals surface area contributed by atoms with Crippen LogP contribution in [-0.2, 0) is 4.79 Å². The van der Waals surface area contributed by atoms with Gasteiger partial charge in [0.05, 0.1) is 6.04 Å². The first kappa shape index (κ1) is 8.97. The van der Waals surface area contributed by atoms with Crippen LogP contribution in [0.15, 0.2) is 0 Å². The number of carbonyl (C=O) groups excluding carboxylic acids is 1. The molecule has 4 nitrogen and oxygen atoms in total. The number of hydrogen-bond donors (Lipinski definition) is 2. The molecule has 0 bridgehead atoms. The zero-order valence-corrected chi connectivity index (χ0v) is 7.65. The Kier molecular flexibility index (Phi) is 2.26. The summed E-state index contributed by atoms with van der Waals surface area (Å²) in [7, 11) is 0. The summed E-state index contributed by atoms with van der Waals surface area (Å²) in [5.41, 5.74) is 5.64. The van der Waals surface area contributed by atoms with Gasteiger partial charge in [-0.1, -0.05) is 0 Å². The Labute approximate surface area is 77.7 Å². The van der Waals surface area contributed by atoms with Crippen molar-refractivity contribution in [3.63, 3.8) is 0 Å². The smallest absolute Gasteiger partial charge is 0.239 e. The molecule has 0 spiro atoms. The fraction of sp³-hybridized carbons (Fsp3) is 0.889. The minimum atomic E-state index is -0.496. The molecule has 1 saturated carbocycles. The van der Waals surface area contributed by atoms with Crippen LogP contribution in [0.5, 0.6) is 0 Å². The number of carbonyl (C=O) groups is 1. The van der Waals surface area contributed by atoms with Gasteiger partial charge in [-0.3, -0.25) is 4.79 Å². The lowest BCUT2D eigenvalue weighted by Gasteiger charge is -2.21. The molecule has 2 fully saturated rings. The Morgan fingerprint density at radius 1 is 1.69 bits per heavy atom. The van der Waals surface area contributed by atoms with E-state index in [-0.39, 0.29) is 12.5 Å². The van der Waals surface area contributed by atoms with E-state index in [0.717, 1.165) is 25.3 Å². The van der Waals surface area contributed by atoms with E-state index in [1.165, 1.54) is 0 Å². The van der Waals surface area contributed by atoms with Crippen LogP contribution in [0.25, 0.3) is 0 Å². The monoisotopic (exact) mass is 184 g/mol. The van der Waals surface area contributed by atoms with Crippen LogP contribution in [0.4, 0.5) is 0 Å². The maximum atomic E-state index is 11.7. The Hall–Kier alpha value is -0.610. The number of likely N-dealkylation sites (tertiary alicyclic amines) is 1. The van der Waals surface area contributed by atoms with Gasteiger partial charge in [0.2, 0.25) is 5.91 Å². The van der Waals surface area contributed by atoms with E-state index < -0.39 is 6.04 Å². The summed E-state index contributed by atoms with van der Waals surface area (Å²) in [6.07, 6.45) is 2.69. The molecule has 0 radical (unpaired) electrons. The fourth-order valence-electron chi connectivity index (χ4n) is 2.14. The van der Waals surface area contributed by atoms with Crippen LogP contribution in [0.3, 0.4) is 0 Å². The summed E-state index contributed by atoms with van der Waals surface area (Å²) in [4.78, 5) is 13.6. The van der Waals surface area contributed by atoms with Crippen LogP contribution >= 0.6 is 0 Å². The molecule has 1 amide bonds. The van der Waals surface area contributed by atoms with Crippen LogP contribution in [0.2, 0.25) is 0 Å². The first-order valence-electron chi connectivity index (χ1n) is 4.91. The highest BCUT2D eigenvalue weighted by Gasteiger charge is 2.49. The molecule has 0 aromatic heterocycles. The molecule has 0 aromatic carbocycles. The molecule has 74 valence electrons. The summed E-state index contributed by atoms with van der Waals surface area (Å²) < 4.78 is 0. The topological polar surface area (TPSA) is 66.6 Å². The number of aliphatic hydroxyl groups excluding tert-OH is 1. The van der Waals surface area contributed by atoms with Gasteiger partial charge in [0, 0.05) is 19.2 Å². The second-order valence-electron chi connectivity index (χ2n) is 4.00. The van der Waals surface area contributed by atoms with E-state index in [1.54, 1.807) is 0 Å². The highest BCUT2D eigenvalue weighted by Crippen LogP contribution is 2.44. The van der Waals surface area contributed by atoms with Crippen LogP contribution in [0.1, 0.15) is 19.3 Å². The third-order valence-corrected chi connectivity index (χ3v) is 3.07. The molecule has 3 N–H and O–H groups in total. The number of nitrogens with zero attached hydrogens (tertiary/aromatic N) is 1. The average molecular weight is 184 g/mol. The molecule has 1 aliphatic carbocycles. The second kappa shape index (κ2) is 3.27. The Morgan fingerprint density at radius 3 is 2.92 bits per heavy atom. The third kappa shape index (κ3) is 1.56. The zero-order valence-electron chi connectivity index (χ0n) is 7.65. The molecule has 1 aliphatic heterocycles. The van der Waals surface area contributed by atoms with E-state index >= 15 is 0 Å². The van der Waals surface area contributed by atoms with Crippen molar-refractivity contribution >= 4 is 5.91 Å². The first-order valence-corrected chi connectivity index (χ1v) is 4.91. The molecular formula is C9H16N2O2. The zero-order chi connectivity index (χ0) is 9.42. The number of piperidine rings is 1. The number of aliphatic hydroxyl groups is 1. The molecule has 0 unspecified atom stereocenters. The van der Waals surface area contributed by atoms with Crippen molar-refractivity contribution in [2.75, 3.05) is 13.2 Å². The van der Waals surface area contributed by atoms with Gasteiger partial charge < -0.3 is 15.7 Å². The summed E-state index contributed by atoms with van der Waals surface area (Å²) >= 11 is 0. The summed E-state index contributed by atoms with van der Waals surface area (Å²) in [6.45, 7) is 0.863. The van der Waals surface area contributed by atoms with Crippen molar-refractivity contribution in [2.45, 2.75) is 31.3 Å². The van der Waals surface area contributed by atoms with E-state index in [4.69, 9.17) is 10.8 Å². The number of nitrogens with two attached hydrogens (primary N) is 1. The summed E-state index contributed by atoms with van der Waals surface area (Å²) in [6, 6.07) is -0.0124. The molecule has 2 aliphatic rings. The van der Waals surface area contributed by atoms with Crippen molar-refractivity contribution in [2.24, 2.45) is 11.7 Å². The SMILES string of the molecule is N[C@@H](CCO)C(=O)N1CC[C@@H]2C[C@@H]21. The molecule has 1 saturated heterocycles. The third-order valence-electron chi connectivity index (χ3n) is 3.07. The lowest BCUT2D eigenvalue weighted by Crippen LogP contribution is -2.44. The number of hydrogen-bond acceptors (Lipinski definition) is 3. The lowest BCUT2D eigenvalue weighted by atomic mass is 10.2. The van der Waals surface area contributed by atoms with Gasteiger partial charge >= 0.3 is 0 Å². The standard InChI is InChI=1S/C9H16N2O2/c10-7(2-4-12)9(13)11-3-1-6-5-8(6)11/h6-8,12H,1-5,10H2/t6-,7+,8+/m1/s1. The molecule has 0 aromatic rings. The highest BCUT2D eigenvalue weighted by atomic mass is 16.3. The van der Waals surface area contributed by atoms with Gasteiger partial charge in [-0.2, -0.15) is 0 Å². The highest BCUT2D eigenvalue weighted by molar-refractivity contribution is 5.82. The van der Waals surface area contributed by atoms with Crippen molar-refractivity contribution in [1.82, 2.24) is 4.90 Å². The van der Waals surface area contributed by atoms with Crippen LogP contribution in [-0.4, -0.2) is 41.1 Å². The normalized spacial score (nSPS) is 32.9. The Bertz CT molecular complexity index is 220. The van der Waals surface area contributed by atoms with E-state index in [1.807, 2.05) is 4.90 Å². The van der Waals surface area contributed by atoms with Gasteiger partial charge in [-0.25, -0.2) is 0 Å². The largest absolute Gasteiger partial charge is 0.396 e. The van der Waals surface area contributed by atoms with Crippen molar-refractivity contribution in [3.8, 4) is 0 Å². The lowest BCUT2D eigenvalue weighted by molar-refractivity contribution is -0.132. The van der Waals surface area contributed by atoms with Crippen LogP contribution in [0, 0.1) is 5.92 Å². The number of amides is 1. The van der Waals surface area contributed by atoms with Crippen LogP contribution < -0.4 is 5.73 Å². The molecule has 2 rings (SSSR count). The second-order valence-corrected chi connectivity index (χ2v) is 4.00. The van der Waals surface area contributed by atoms with Gasteiger partial charge in [-0.15, -0.1) is 0 Å². The van der Waals surface area contributed by atoms with Gasteiger partial charge in [0.1, 0.15) is 0 Å². The van der Waals surface area contributed by atoms with Gasteiger partial charge in [0.15, 0.2) is 0 Å². The summed E-state index contributed by atoms with van der Waals surface area (Å²) in [5.74, 6) is 0.782. The van der Waals surface area contributed by atoms with Crippen molar-refractivity contribution < 1.29 is 9.90 Å². The molecule has 1 heterocycles. The van der Waals surface area contributed by atoms with Gasteiger partial charge in [0.25, 0.3) is 0 Å². The first-order chi connectivity index (χ1) is 6.24. The Morgan fingerprint density at radius 2 is 2.46 bits per heavy atom. The minimum Gasteiger partial charge on any atom is -0.396 e. The predicted molar refractivity (Wildman–Crippen MR) is 47.9 cm³/mol. The minimum absolute atomic E-state index is 0.00512. The maximum Gasteiger partial charge on any atom is 0.239 e. The Balaban J connectivity index is 1.89. The number of rotatable bonds is 3.